The second-order valence-electron chi connectivity index (χ2n) is 4.42. The normalized spacial score (nSPS) is 13.1. The van der Waals surface area contributed by atoms with Crippen molar-refractivity contribution < 1.29 is 14.3 Å². The smallest absolute Gasteiger partial charge is 0.252 e. The molecule has 2 amide bonds. The van der Waals surface area contributed by atoms with Gasteiger partial charge in [-0.15, -0.1) is 0 Å². The molecule has 5 heteroatoms. The van der Waals surface area contributed by atoms with Gasteiger partial charge in [0, 0.05) is 20.2 Å². The van der Waals surface area contributed by atoms with Gasteiger partial charge in [-0.1, -0.05) is 0 Å². The molecule has 5 nitrogen and oxygen atoms in total. The Morgan fingerprint density at radius 1 is 1.29 bits per heavy atom. The lowest BCUT2D eigenvalue weighted by atomic mass is 10.1. The van der Waals surface area contributed by atoms with Crippen LogP contribution in [0.3, 0.4) is 0 Å². The zero-order valence-electron chi connectivity index (χ0n) is 11.7. The highest BCUT2D eigenvalue weighted by molar-refractivity contribution is 5.90. The molecule has 0 aromatic rings. The van der Waals surface area contributed by atoms with E-state index in [1.165, 1.54) is 7.11 Å². The van der Waals surface area contributed by atoms with Crippen molar-refractivity contribution in [2.75, 3.05) is 20.2 Å². The fourth-order valence-electron chi connectivity index (χ4n) is 1.33. The summed E-state index contributed by atoms with van der Waals surface area (Å²) in [5, 5.41) is 2.66. The SMILES string of the molecule is CCN(CC)C(=O)C(C)NC(=O)C(C)(C)OC. The van der Waals surface area contributed by atoms with Gasteiger partial charge in [-0.2, -0.15) is 0 Å². The number of hydrogen-bond acceptors (Lipinski definition) is 3. The first-order valence-electron chi connectivity index (χ1n) is 5.95. The van der Waals surface area contributed by atoms with E-state index in [4.69, 9.17) is 4.74 Å². The minimum Gasteiger partial charge on any atom is -0.369 e. The summed E-state index contributed by atoms with van der Waals surface area (Å²) < 4.78 is 5.06. The second-order valence-corrected chi connectivity index (χ2v) is 4.42. The van der Waals surface area contributed by atoms with E-state index in [1.54, 1.807) is 25.7 Å². The van der Waals surface area contributed by atoms with Crippen LogP contribution in [0.5, 0.6) is 0 Å². The van der Waals surface area contributed by atoms with Gasteiger partial charge in [-0.3, -0.25) is 9.59 Å². The quantitative estimate of drug-likeness (QED) is 0.751. The molecule has 0 aliphatic heterocycles. The summed E-state index contributed by atoms with van der Waals surface area (Å²) in [5.74, 6) is -0.358. The molecule has 100 valence electrons. The predicted octanol–water partition coefficient (Wildman–Crippen LogP) is 0.785. The lowest BCUT2D eigenvalue weighted by molar-refractivity contribution is -0.144. The Kier molecular flexibility index (Phi) is 6.16. The van der Waals surface area contributed by atoms with Crippen molar-refractivity contribution >= 4 is 11.8 Å². The molecule has 0 saturated heterocycles. The third-order valence-corrected chi connectivity index (χ3v) is 2.85. The fraction of sp³-hybridized carbons (Fsp3) is 0.833. The Morgan fingerprint density at radius 3 is 2.12 bits per heavy atom. The summed E-state index contributed by atoms with van der Waals surface area (Å²) >= 11 is 0. The van der Waals surface area contributed by atoms with Crippen LogP contribution >= 0.6 is 0 Å². The number of methoxy groups -OCH3 is 1. The van der Waals surface area contributed by atoms with Gasteiger partial charge in [0.2, 0.25) is 5.91 Å². The Hall–Kier alpha value is -1.10. The molecule has 0 saturated carbocycles. The van der Waals surface area contributed by atoms with E-state index < -0.39 is 11.6 Å². The average Bonchev–Trinajstić information content (AvgIpc) is 2.30. The van der Waals surface area contributed by atoms with E-state index in [0.29, 0.717) is 13.1 Å². The monoisotopic (exact) mass is 244 g/mol. The van der Waals surface area contributed by atoms with Gasteiger partial charge >= 0.3 is 0 Å². The average molecular weight is 244 g/mol. The van der Waals surface area contributed by atoms with Crippen molar-refractivity contribution in [3.8, 4) is 0 Å². The molecular weight excluding hydrogens is 220 g/mol. The second kappa shape index (κ2) is 6.59. The van der Waals surface area contributed by atoms with E-state index in [1.807, 2.05) is 13.8 Å². The molecule has 0 spiro atoms. The first-order valence-corrected chi connectivity index (χ1v) is 5.95. The highest BCUT2D eigenvalue weighted by Gasteiger charge is 2.30. The molecule has 0 aromatic heterocycles. The lowest BCUT2D eigenvalue weighted by Gasteiger charge is -2.27. The topological polar surface area (TPSA) is 58.6 Å². The summed E-state index contributed by atoms with van der Waals surface area (Å²) in [5.41, 5.74) is -0.919. The molecule has 0 bridgehead atoms. The Labute approximate surface area is 103 Å². The molecule has 0 aliphatic rings. The largest absolute Gasteiger partial charge is 0.369 e. The van der Waals surface area contributed by atoms with E-state index in [-0.39, 0.29) is 11.8 Å². The third kappa shape index (κ3) is 4.34. The molecule has 1 unspecified atom stereocenters. The molecule has 0 aromatic carbocycles. The molecule has 0 fully saturated rings. The van der Waals surface area contributed by atoms with Gasteiger partial charge in [-0.25, -0.2) is 0 Å². The number of carbonyl (C=O) groups is 2. The van der Waals surface area contributed by atoms with E-state index in [2.05, 4.69) is 5.32 Å². The maximum absolute atomic E-state index is 11.9. The number of nitrogens with zero attached hydrogens (tertiary/aromatic N) is 1. The number of hydrogen-bond donors (Lipinski definition) is 1. The van der Waals surface area contributed by atoms with Gasteiger partial charge in [0.05, 0.1) is 0 Å². The lowest BCUT2D eigenvalue weighted by Crippen LogP contribution is -2.52. The van der Waals surface area contributed by atoms with Gasteiger partial charge in [0.1, 0.15) is 11.6 Å². The summed E-state index contributed by atoms with van der Waals surface area (Å²) in [4.78, 5) is 25.4. The zero-order valence-corrected chi connectivity index (χ0v) is 11.7. The molecule has 0 radical (unpaired) electrons. The van der Waals surface area contributed by atoms with Crippen molar-refractivity contribution in [2.45, 2.75) is 46.3 Å². The summed E-state index contributed by atoms with van der Waals surface area (Å²) in [6.45, 7) is 10.1. The Morgan fingerprint density at radius 2 is 1.76 bits per heavy atom. The highest BCUT2D eigenvalue weighted by atomic mass is 16.5. The van der Waals surface area contributed by atoms with Gasteiger partial charge < -0.3 is 15.0 Å². The highest BCUT2D eigenvalue weighted by Crippen LogP contribution is 2.08. The van der Waals surface area contributed by atoms with Gasteiger partial charge in [0.25, 0.3) is 5.91 Å². The molecule has 0 aliphatic carbocycles. The number of nitrogens with one attached hydrogen (secondary N) is 1. The molecule has 0 rings (SSSR count). The van der Waals surface area contributed by atoms with Crippen molar-refractivity contribution in [1.82, 2.24) is 10.2 Å². The van der Waals surface area contributed by atoms with Crippen LogP contribution in [0.2, 0.25) is 0 Å². The minimum atomic E-state index is -0.919. The van der Waals surface area contributed by atoms with Crippen LogP contribution in [0.15, 0.2) is 0 Å². The van der Waals surface area contributed by atoms with Gasteiger partial charge in [0.15, 0.2) is 0 Å². The van der Waals surface area contributed by atoms with Crippen molar-refractivity contribution in [3.63, 3.8) is 0 Å². The first-order chi connectivity index (χ1) is 7.80. The summed E-state index contributed by atoms with van der Waals surface area (Å²) in [7, 11) is 1.47. The molecule has 17 heavy (non-hydrogen) atoms. The summed E-state index contributed by atoms with van der Waals surface area (Å²) in [6.07, 6.45) is 0. The maximum Gasteiger partial charge on any atom is 0.252 e. The molecular formula is C12H24N2O3. The fourth-order valence-corrected chi connectivity index (χ4v) is 1.33. The van der Waals surface area contributed by atoms with Crippen LogP contribution in [0.25, 0.3) is 0 Å². The van der Waals surface area contributed by atoms with E-state index in [9.17, 15) is 9.59 Å². The predicted molar refractivity (Wildman–Crippen MR) is 66.6 cm³/mol. The number of likely N-dealkylation sites (N-methyl/N-ethyl adjacent to an activating group) is 1. The number of carbonyl (C=O) groups excluding carboxylic acids is 2. The Bertz CT molecular complexity index is 273. The number of amides is 2. The zero-order chi connectivity index (χ0) is 13.6. The standard InChI is InChI=1S/C12H24N2O3/c1-7-14(8-2)10(15)9(3)13-11(16)12(4,5)17-6/h9H,7-8H2,1-6H3,(H,13,16). The van der Waals surface area contributed by atoms with Gasteiger partial charge in [-0.05, 0) is 34.6 Å². The summed E-state index contributed by atoms with van der Waals surface area (Å²) in [6, 6.07) is -0.531. The Balaban J connectivity index is 4.50. The van der Waals surface area contributed by atoms with Crippen LogP contribution in [0.1, 0.15) is 34.6 Å². The van der Waals surface area contributed by atoms with Crippen molar-refractivity contribution in [3.05, 3.63) is 0 Å². The number of rotatable bonds is 6. The molecule has 1 atom stereocenters. The first kappa shape index (κ1) is 15.9. The molecule has 1 N–H and O–H groups in total. The van der Waals surface area contributed by atoms with Crippen LogP contribution < -0.4 is 5.32 Å². The van der Waals surface area contributed by atoms with Crippen LogP contribution in [-0.2, 0) is 14.3 Å². The third-order valence-electron chi connectivity index (χ3n) is 2.85. The maximum atomic E-state index is 11.9. The van der Waals surface area contributed by atoms with Crippen molar-refractivity contribution in [1.29, 1.82) is 0 Å². The van der Waals surface area contributed by atoms with Crippen LogP contribution in [-0.4, -0.2) is 48.6 Å². The van der Waals surface area contributed by atoms with Crippen molar-refractivity contribution in [2.24, 2.45) is 0 Å². The van der Waals surface area contributed by atoms with E-state index in [0.717, 1.165) is 0 Å². The molecule has 0 heterocycles. The minimum absolute atomic E-state index is 0.0738. The van der Waals surface area contributed by atoms with E-state index >= 15 is 0 Å². The van der Waals surface area contributed by atoms with Crippen LogP contribution in [0.4, 0.5) is 0 Å². The van der Waals surface area contributed by atoms with Crippen LogP contribution in [0, 0.1) is 0 Å². The number of ether oxygens (including phenoxy) is 1.